The molecule has 1 saturated heterocycles. The molecule has 0 aliphatic carbocycles. The zero-order valence-corrected chi connectivity index (χ0v) is 13.4. The lowest BCUT2D eigenvalue weighted by atomic mass is 9.92. The van der Waals surface area contributed by atoms with Crippen molar-refractivity contribution in [3.05, 3.63) is 29.8 Å². The van der Waals surface area contributed by atoms with Crippen molar-refractivity contribution in [2.75, 3.05) is 4.90 Å². The van der Waals surface area contributed by atoms with Gasteiger partial charge in [0.15, 0.2) is 0 Å². The number of nitrogens with one attached hydrogen (secondary N) is 1. The van der Waals surface area contributed by atoms with E-state index in [1.807, 2.05) is 58.9 Å². The van der Waals surface area contributed by atoms with E-state index in [9.17, 15) is 9.59 Å². The van der Waals surface area contributed by atoms with E-state index in [0.29, 0.717) is 0 Å². The first-order valence-corrected chi connectivity index (χ1v) is 7.53. The number of piperazine rings is 1. The molecule has 0 radical (unpaired) electrons. The third kappa shape index (κ3) is 2.94. The number of carbonyl (C=O) groups excluding carboxylic acids is 2. The maximum atomic E-state index is 12.8. The lowest BCUT2D eigenvalue weighted by Crippen LogP contribution is -2.66. The van der Waals surface area contributed by atoms with Gasteiger partial charge in [0.05, 0.1) is 0 Å². The van der Waals surface area contributed by atoms with Crippen LogP contribution in [-0.2, 0) is 9.59 Å². The van der Waals surface area contributed by atoms with E-state index < -0.39 is 12.1 Å². The van der Waals surface area contributed by atoms with Crippen molar-refractivity contribution in [3.8, 4) is 0 Å². The molecule has 2 amide bonds. The van der Waals surface area contributed by atoms with Gasteiger partial charge >= 0.3 is 0 Å². The maximum absolute atomic E-state index is 12.8. The Hall–Kier alpha value is -1.84. The van der Waals surface area contributed by atoms with Gasteiger partial charge in [0.2, 0.25) is 5.91 Å². The number of carbonyl (C=O) groups is 2. The molecule has 2 atom stereocenters. The van der Waals surface area contributed by atoms with E-state index in [2.05, 4.69) is 5.32 Å². The quantitative estimate of drug-likeness (QED) is 0.929. The fourth-order valence-corrected chi connectivity index (χ4v) is 2.75. The molecule has 0 bridgehead atoms. The molecule has 1 aliphatic rings. The molecule has 1 heterocycles. The Kier molecular flexibility index (Phi) is 4.35. The van der Waals surface area contributed by atoms with Crippen LogP contribution in [0.5, 0.6) is 0 Å². The van der Waals surface area contributed by atoms with Gasteiger partial charge in [-0.05, 0) is 30.9 Å². The minimum atomic E-state index is -0.450. The number of aryl methyl sites for hydroxylation is 1. The van der Waals surface area contributed by atoms with Crippen molar-refractivity contribution in [2.24, 2.45) is 11.8 Å². The van der Waals surface area contributed by atoms with Gasteiger partial charge in [-0.15, -0.1) is 0 Å². The second-order valence-corrected chi connectivity index (χ2v) is 6.46. The van der Waals surface area contributed by atoms with Crippen molar-refractivity contribution in [1.82, 2.24) is 5.32 Å². The van der Waals surface area contributed by atoms with Gasteiger partial charge in [-0.3, -0.25) is 14.5 Å². The number of anilines is 1. The molecule has 0 saturated carbocycles. The Morgan fingerprint density at radius 2 is 1.57 bits per heavy atom. The normalized spacial score (nSPS) is 22.9. The van der Waals surface area contributed by atoms with Crippen LogP contribution in [-0.4, -0.2) is 23.9 Å². The maximum Gasteiger partial charge on any atom is 0.250 e. The van der Waals surface area contributed by atoms with Gasteiger partial charge in [0, 0.05) is 5.69 Å². The number of hydrogen-bond acceptors (Lipinski definition) is 2. The molecule has 114 valence electrons. The summed E-state index contributed by atoms with van der Waals surface area (Å²) in [5.74, 6) is 0.0434. The minimum Gasteiger partial charge on any atom is -0.342 e. The van der Waals surface area contributed by atoms with Crippen LogP contribution < -0.4 is 10.2 Å². The van der Waals surface area contributed by atoms with Gasteiger partial charge < -0.3 is 5.32 Å². The molecule has 1 N–H and O–H groups in total. The van der Waals surface area contributed by atoms with Gasteiger partial charge in [-0.2, -0.15) is 0 Å². The molecule has 2 unspecified atom stereocenters. The third-order valence-corrected chi connectivity index (χ3v) is 3.96. The van der Waals surface area contributed by atoms with Crippen molar-refractivity contribution < 1.29 is 9.59 Å². The van der Waals surface area contributed by atoms with Crippen LogP contribution in [0.15, 0.2) is 24.3 Å². The monoisotopic (exact) mass is 288 g/mol. The fraction of sp³-hybridized carbons (Fsp3) is 0.529. The Morgan fingerprint density at radius 3 is 2.05 bits per heavy atom. The van der Waals surface area contributed by atoms with Gasteiger partial charge in [-0.1, -0.05) is 45.4 Å². The highest BCUT2D eigenvalue weighted by Gasteiger charge is 2.43. The molecule has 4 nitrogen and oxygen atoms in total. The van der Waals surface area contributed by atoms with E-state index in [1.54, 1.807) is 4.90 Å². The van der Waals surface area contributed by atoms with Gasteiger partial charge in [0.1, 0.15) is 12.1 Å². The molecule has 1 aromatic rings. The first-order valence-electron chi connectivity index (χ1n) is 7.53. The van der Waals surface area contributed by atoms with Crippen LogP contribution in [0.1, 0.15) is 33.3 Å². The summed E-state index contributed by atoms with van der Waals surface area (Å²) in [4.78, 5) is 26.9. The molecule has 0 spiro atoms. The predicted molar refractivity (Wildman–Crippen MR) is 84.1 cm³/mol. The van der Waals surface area contributed by atoms with Crippen LogP contribution in [0.2, 0.25) is 0 Å². The highest BCUT2D eigenvalue weighted by molar-refractivity contribution is 6.08. The van der Waals surface area contributed by atoms with E-state index in [4.69, 9.17) is 0 Å². The topological polar surface area (TPSA) is 49.4 Å². The van der Waals surface area contributed by atoms with Crippen LogP contribution in [0, 0.1) is 18.8 Å². The van der Waals surface area contributed by atoms with Crippen LogP contribution in [0.25, 0.3) is 0 Å². The summed E-state index contributed by atoms with van der Waals surface area (Å²) in [6.45, 7) is 9.84. The zero-order valence-electron chi connectivity index (χ0n) is 13.4. The minimum absolute atomic E-state index is 0.0212. The number of rotatable bonds is 3. The first-order chi connectivity index (χ1) is 9.82. The van der Waals surface area contributed by atoms with Crippen molar-refractivity contribution in [2.45, 2.75) is 46.7 Å². The van der Waals surface area contributed by atoms with Crippen LogP contribution in [0.3, 0.4) is 0 Å². The summed E-state index contributed by atoms with van der Waals surface area (Å²) in [5, 5.41) is 2.88. The molecular weight excluding hydrogens is 264 g/mol. The SMILES string of the molecule is Cc1ccc(N2C(=O)C(C(C)C)NC(=O)C2C(C)C)cc1. The van der Waals surface area contributed by atoms with Gasteiger partial charge in [0.25, 0.3) is 5.91 Å². The van der Waals surface area contributed by atoms with Crippen molar-refractivity contribution in [3.63, 3.8) is 0 Å². The molecule has 2 rings (SSSR count). The summed E-state index contributed by atoms with van der Waals surface area (Å²) < 4.78 is 0. The van der Waals surface area contributed by atoms with E-state index in [-0.39, 0.29) is 23.7 Å². The second kappa shape index (κ2) is 5.88. The highest BCUT2D eigenvalue weighted by Crippen LogP contribution is 2.27. The van der Waals surface area contributed by atoms with Crippen LogP contribution >= 0.6 is 0 Å². The van der Waals surface area contributed by atoms with Crippen molar-refractivity contribution >= 4 is 17.5 Å². The molecule has 1 aliphatic heterocycles. The Labute approximate surface area is 126 Å². The number of amides is 2. The van der Waals surface area contributed by atoms with E-state index in [1.165, 1.54) is 0 Å². The summed E-state index contributed by atoms with van der Waals surface area (Å²) in [6.07, 6.45) is 0. The summed E-state index contributed by atoms with van der Waals surface area (Å²) >= 11 is 0. The summed E-state index contributed by atoms with van der Waals surface area (Å²) in [5.41, 5.74) is 1.93. The number of benzene rings is 1. The largest absolute Gasteiger partial charge is 0.342 e. The molecule has 0 aromatic heterocycles. The predicted octanol–water partition coefficient (Wildman–Crippen LogP) is 2.51. The van der Waals surface area contributed by atoms with Crippen LogP contribution in [0.4, 0.5) is 5.69 Å². The number of nitrogens with zero attached hydrogens (tertiary/aromatic N) is 1. The van der Waals surface area contributed by atoms with Gasteiger partial charge in [-0.25, -0.2) is 0 Å². The molecule has 4 heteroatoms. The standard InChI is InChI=1S/C17H24N2O2/c1-10(2)14-17(21)19(13-8-6-12(5)7-9-13)15(11(3)4)16(20)18-14/h6-11,14-15H,1-5H3,(H,18,20). The average Bonchev–Trinajstić information content (AvgIpc) is 2.41. The lowest BCUT2D eigenvalue weighted by Gasteiger charge is -2.42. The fourth-order valence-electron chi connectivity index (χ4n) is 2.75. The summed E-state index contributed by atoms with van der Waals surface area (Å²) in [7, 11) is 0. The summed E-state index contributed by atoms with van der Waals surface area (Å²) in [6, 6.07) is 6.87. The Balaban J connectivity index is 2.45. The first kappa shape index (κ1) is 15.5. The second-order valence-electron chi connectivity index (χ2n) is 6.46. The Bertz CT molecular complexity index is 534. The van der Waals surface area contributed by atoms with Crippen molar-refractivity contribution in [1.29, 1.82) is 0 Å². The third-order valence-electron chi connectivity index (χ3n) is 3.96. The molecular formula is C17H24N2O2. The van der Waals surface area contributed by atoms with E-state index in [0.717, 1.165) is 11.3 Å². The molecule has 1 aromatic carbocycles. The smallest absolute Gasteiger partial charge is 0.250 e. The van der Waals surface area contributed by atoms with E-state index >= 15 is 0 Å². The Morgan fingerprint density at radius 1 is 1.00 bits per heavy atom. The average molecular weight is 288 g/mol. The molecule has 21 heavy (non-hydrogen) atoms. The molecule has 1 fully saturated rings. The highest BCUT2D eigenvalue weighted by atomic mass is 16.2. The zero-order chi connectivity index (χ0) is 15.7. The lowest BCUT2D eigenvalue weighted by molar-refractivity contribution is -0.135. The number of hydrogen-bond donors (Lipinski definition) is 1.